The Bertz CT molecular complexity index is 505. The highest BCUT2D eigenvalue weighted by molar-refractivity contribution is 5.96. The molecule has 0 aliphatic heterocycles. The molecule has 16 heavy (non-hydrogen) atoms. The van der Waals surface area contributed by atoms with Crippen LogP contribution in [0.2, 0.25) is 0 Å². The molecule has 0 unspecified atom stereocenters. The Morgan fingerprint density at radius 2 is 2.31 bits per heavy atom. The molecule has 5 heteroatoms. The second-order valence-electron chi connectivity index (χ2n) is 3.42. The summed E-state index contributed by atoms with van der Waals surface area (Å²) >= 11 is 0. The van der Waals surface area contributed by atoms with Crippen LogP contribution in [0.25, 0.3) is 0 Å². The van der Waals surface area contributed by atoms with Gasteiger partial charge in [0.2, 0.25) is 0 Å². The monoisotopic (exact) mass is 218 g/mol. The summed E-state index contributed by atoms with van der Waals surface area (Å²) in [6, 6.07) is 6.04. The average Bonchev–Trinajstić information content (AvgIpc) is 2.73. The first-order valence-corrected chi connectivity index (χ1v) is 4.77. The molecule has 0 aliphatic carbocycles. The van der Waals surface area contributed by atoms with Gasteiger partial charge in [0.1, 0.15) is 11.7 Å². The molecular formula is C11H11FN4. The topological polar surface area (TPSA) is 67.7 Å². The van der Waals surface area contributed by atoms with Gasteiger partial charge in [-0.15, -0.1) is 0 Å². The Kier molecular flexibility index (Phi) is 2.68. The van der Waals surface area contributed by atoms with Crippen LogP contribution in [-0.4, -0.2) is 15.6 Å². The number of halogens is 1. The molecule has 2 rings (SSSR count). The van der Waals surface area contributed by atoms with Gasteiger partial charge in [0.05, 0.1) is 6.54 Å². The second-order valence-corrected chi connectivity index (χ2v) is 3.42. The first-order chi connectivity index (χ1) is 7.66. The highest BCUT2D eigenvalue weighted by Crippen LogP contribution is 2.12. The summed E-state index contributed by atoms with van der Waals surface area (Å²) in [6.07, 6.45) is 3.46. The van der Waals surface area contributed by atoms with Gasteiger partial charge in [-0.05, 0) is 23.8 Å². The Hall–Kier alpha value is -2.17. The van der Waals surface area contributed by atoms with Crippen molar-refractivity contribution in [3.63, 3.8) is 0 Å². The molecule has 0 spiro atoms. The molecule has 0 fully saturated rings. The zero-order chi connectivity index (χ0) is 11.5. The van der Waals surface area contributed by atoms with Crippen molar-refractivity contribution in [2.24, 2.45) is 5.73 Å². The normalized spacial score (nSPS) is 10.3. The number of hydrogen-bond donors (Lipinski definition) is 2. The molecule has 82 valence electrons. The molecule has 1 aromatic carbocycles. The summed E-state index contributed by atoms with van der Waals surface area (Å²) in [6.45, 7) is 0.474. The zero-order valence-corrected chi connectivity index (χ0v) is 8.52. The third-order valence-electron chi connectivity index (χ3n) is 2.25. The molecule has 0 amide bonds. The fraction of sp³-hybridized carbons (Fsp3) is 0.0909. The van der Waals surface area contributed by atoms with E-state index in [4.69, 9.17) is 11.1 Å². The summed E-state index contributed by atoms with van der Waals surface area (Å²) < 4.78 is 14.7. The molecule has 4 nitrogen and oxygen atoms in total. The van der Waals surface area contributed by atoms with Crippen LogP contribution in [0.5, 0.6) is 0 Å². The molecule has 1 aromatic heterocycles. The van der Waals surface area contributed by atoms with E-state index >= 15 is 0 Å². The van der Waals surface area contributed by atoms with E-state index < -0.39 is 5.82 Å². The largest absolute Gasteiger partial charge is 0.384 e. The maximum atomic E-state index is 13.0. The van der Waals surface area contributed by atoms with Gasteiger partial charge in [-0.25, -0.2) is 4.39 Å². The van der Waals surface area contributed by atoms with Crippen molar-refractivity contribution < 1.29 is 4.39 Å². The van der Waals surface area contributed by atoms with E-state index in [9.17, 15) is 4.39 Å². The number of rotatable bonds is 3. The van der Waals surface area contributed by atoms with Gasteiger partial charge in [-0.1, -0.05) is 6.07 Å². The number of nitrogens with zero attached hydrogens (tertiary/aromatic N) is 2. The standard InChI is InChI=1S/C11H11FN4/c12-9-3-2-8(10(6-9)11(13)14)7-16-5-1-4-15-16/h1-6H,7H2,(H3,13,14). The molecule has 3 N–H and O–H groups in total. The summed E-state index contributed by atoms with van der Waals surface area (Å²) in [5.41, 5.74) is 6.59. The number of benzene rings is 1. The average molecular weight is 218 g/mol. The summed E-state index contributed by atoms with van der Waals surface area (Å²) in [5, 5.41) is 11.4. The summed E-state index contributed by atoms with van der Waals surface area (Å²) in [5.74, 6) is -0.531. The van der Waals surface area contributed by atoms with Crippen molar-refractivity contribution in [2.75, 3.05) is 0 Å². The number of nitrogen functional groups attached to an aromatic ring is 1. The van der Waals surface area contributed by atoms with E-state index in [2.05, 4.69) is 5.10 Å². The maximum absolute atomic E-state index is 13.0. The molecule has 0 bridgehead atoms. The van der Waals surface area contributed by atoms with E-state index in [0.29, 0.717) is 12.1 Å². The van der Waals surface area contributed by atoms with E-state index in [1.165, 1.54) is 12.1 Å². The molecule has 2 aromatic rings. The van der Waals surface area contributed by atoms with Crippen LogP contribution in [0.1, 0.15) is 11.1 Å². The van der Waals surface area contributed by atoms with Crippen LogP contribution in [-0.2, 0) is 6.54 Å². The minimum absolute atomic E-state index is 0.137. The summed E-state index contributed by atoms with van der Waals surface area (Å²) in [7, 11) is 0. The minimum atomic E-state index is -0.394. The number of hydrogen-bond acceptors (Lipinski definition) is 2. The van der Waals surface area contributed by atoms with E-state index in [1.807, 2.05) is 0 Å². The Morgan fingerprint density at radius 3 is 2.94 bits per heavy atom. The highest BCUT2D eigenvalue weighted by Gasteiger charge is 2.07. The molecule has 0 saturated carbocycles. The SMILES string of the molecule is N=C(N)c1cc(F)ccc1Cn1cccn1. The number of amidine groups is 1. The maximum Gasteiger partial charge on any atom is 0.123 e. The van der Waals surface area contributed by atoms with Crippen LogP contribution in [0.4, 0.5) is 4.39 Å². The van der Waals surface area contributed by atoms with Gasteiger partial charge < -0.3 is 5.73 Å². The van der Waals surface area contributed by atoms with Crippen molar-refractivity contribution in [1.82, 2.24) is 9.78 Å². The van der Waals surface area contributed by atoms with Crippen molar-refractivity contribution >= 4 is 5.84 Å². The number of nitrogens with two attached hydrogens (primary N) is 1. The molecule has 1 heterocycles. The Morgan fingerprint density at radius 1 is 1.50 bits per heavy atom. The third kappa shape index (κ3) is 2.08. The van der Waals surface area contributed by atoms with Gasteiger partial charge >= 0.3 is 0 Å². The van der Waals surface area contributed by atoms with Crippen LogP contribution in [0, 0.1) is 11.2 Å². The lowest BCUT2D eigenvalue weighted by atomic mass is 10.1. The predicted molar refractivity (Wildman–Crippen MR) is 58.7 cm³/mol. The van der Waals surface area contributed by atoms with Gasteiger partial charge in [-0.2, -0.15) is 5.10 Å². The lowest BCUT2D eigenvalue weighted by Gasteiger charge is -2.08. The van der Waals surface area contributed by atoms with Gasteiger partial charge in [0, 0.05) is 18.0 Å². The number of nitrogens with one attached hydrogen (secondary N) is 1. The predicted octanol–water partition coefficient (Wildman–Crippen LogP) is 1.35. The van der Waals surface area contributed by atoms with E-state index in [1.54, 1.807) is 29.2 Å². The highest BCUT2D eigenvalue weighted by atomic mass is 19.1. The van der Waals surface area contributed by atoms with Crippen LogP contribution >= 0.6 is 0 Å². The minimum Gasteiger partial charge on any atom is -0.384 e. The Balaban J connectivity index is 2.36. The van der Waals surface area contributed by atoms with Crippen molar-refractivity contribution in [3.8, 4) is 0 Å². The van der Waals surface area contributed by atoms with Crippen molar-refractivity contribution in [1.29, 1.82) is 5.41 Å². The molecule has 0 aliphatic rings. The fourth-order valence-electron chi connectivity index (χ4n) is 1.51. The van der Waals surface area contributed by atoms with Crippen LogP contribution < -0.4 is 5.73 Å². The van der Waals surface area contributed by atoms with Crippen molar-refractivity contribution in [3.05, 3.63) is 53.6 Å². The quantitative estimate of drug-likeness (QED) is 0.603. The second kappa shape index (κ2) is 4.14. The van der Waals surface area contributed by atoms with E-state index in [-0.39, 0.29) is 5.84 Å². The van der Waals surface area contributed by atoms with Gasteiger partial charge in [-0.3, -0.25) is 10.1 Å². The van der Waals surface area contributed by atoms with Gasteiger partial charge in [0.25, 0.3) is 0 Å². The van der Waals surface area contributed by atoms with Crippen molar-refractivity contribution in [2.45, 2.75) is 6.54 Å². The smallest absolute Gasteiger partial charge is 0.123 e. The molecule has 0 radical (unpaired) electrons. The van der Waals surface area contributed by atoms with Gasteiger partial charge in [0.15, 0.2) is 0 Å². The lowest BCUT2D eigenvalue weighted by molar-refractivity contribution is 0.623. The lowest BCUT2D eigenvalue weighted by Crippen LogP contribution is -2.15. The summed E-state index contributed by atoms with van der Waals surface area (Å²) in [4.78, 5) is 0. The zero-order valence-electron chi connectivity index (χ0n) is 8.52. The number of aromatic nitrogens is 2. The fourth-order valence-corrected chi connectivity index (χ4v) is 1.51. The van der Waals surface area contributed by atoms with E-state index in [0.717, 1.165) is 5.56 Å². The Labute approximate surface area is 92.0 Å². The molecule has 0 saturated heterocycles. The molecule has 0 atom stereocenters. The van der Waals surface area contributed by atoms with Crippen LogP contribution in [0.15, 0.2) is 36.7 Å². The third-order valence-corrected chi connectivity index (χ3v) is 2.25. The molecular weight excluding hydrogens is 207 g/mol. The first-order valence-electron chi connectivity index (χ1n) is 4.77. The van der Waals surface area contributed by atoms with Crippen LogP contribution in [0.3, 0.4) is 0 Å². The first kappa shape index (κ1) is 10.4.